The quantitative estimate of drug-likeness (QED) is 0.744. The largest absolute Gasteiger partial charge is 0.339 e. The van der Waals surface area contributed by atoms with Gasteiger partial charge in [-0.2, -0.15) is 4.37 Å². The van der Waals surface area contributed by atoms with Crippen molar-refractivity contribution in [2.45, 2.75) is 0 Å². The van der Waals surface area contributed by atoms with Crippen molar-refractivity contribution in [3.8, 4) is 0 Å². The first-order valence-electron chi connectivity index (χ1n) is 5.30. The summed E-state index contributed by atoms with van der Waals surface area (Å²) in [5, 5.41) is 3.87. The lowest BCUT2D eigenvalue weighted by Gasteiger charge is -2.04. The molecule has 5 heteroatoms. The Bertz CT molecular complexity index is 689. The molecule has 3 aromatic rings. The first kappa shape index (κ1) is 11.1. The number of fused-ring (bicyclic) bond motifs is 1. The molecule has 2 aromatic carbocycles. The molecule has 18 heavy (non-hydrogen) atoms. The fourth-order valence-electron chi connectivity index (χ4n) is 1.74. The molecule has 0 saturated heterocycles. The first-order valence-corrected chi connectivity index (χ1v) is 6.07. The Morgan fingerprint density at radius 3 is 2.50 bits per heavy atom. The predicted octanol–water partition coefficient (Wildman–Crippen LogP) is 4.32. The highest BCUT2D eigenvalue weighted by Gasteiger charge is 2.07. The molecule has 0 atom stereocenters. The van der Waals surface area contributed by atoms with Gasteiger partial charge in [0.15, 0.2) is 5.82 Å². The van der Waals surface area contributed by atoms with E-state index in [1.54, 1.807) is 0 Å². The highest BCUT2D eigenvalue weighted by atomic mass is 32.1. The molecule has 0 saturated carbocycles. The maximum atomic E-state index is 13.1. The van der Waals surface area contributed by atoms with E-state index in [0.717, 1.165) is 16.2 Å². The van der Waals surface area contributed by atoms with Crippen molar-refractivity contribution < 1.29 is 8.78 Å². The van der Waals surface area contributed by atoms with Gasteiger partial charge in [-0.1, -0.05) is 12.1 Å². The summed E-state index contributed by atoms with van der Waals surface area (Å²) in [7, 11) is 0. The number of halogens is 2. The van der Waals surface area contributed by atoms with Gasteiger partial charge >= 0.3 is 0 Å². The van der Waals surface area contributed by atoms with E-state index in [-0.39, 0.29) is 0 Å². The molecule has 0 aliphatic heterocycles. The van der Waals surface area contributed by atoms with E-state index in [1.807, 2.05) is 24.3 Å². The van der Waals surface area contributed by atoms with Gasteiger partial charge in [0.05, 0.1) is 4.70 Å². The molecule has 0 amide bonds. The van der Waals surface area contributed by atoms with Crippen LogP contribution in [-0.2, 0) is 0 Å². The van der Waals surface area contributed by atoms with Gasteiger partial charge in [-0.05, 0) is 35.8 Å². The molecule has 0 aliphatic carbocycles. The van der Waals surface area contributed by atoms with Gasteiger partial charge in [0.25, 0.3) is 0 Å². The summed E-state index contributed by atoms with van der Waals surface area (Å²) in [4.78, 5) is 0. The van der Waals surface area contributed by atoms with Crippen molar-refractivity contribution in [3.63, 3.8) is 0 Å². The summed E-state index contributed by atoms with van der Waals surface area (Å²) in [5.74, 6) is -0.616. The Labute approximate surface area is 106 Å². The van der Waals surface area contributed by atoms with E-state index in [2.05, 4.69) is 9.69 Å². The number of benzene rings is 2. The van der Waals surface area contributed by atoms with Crippen molar-refractivity contribution >= 4 is 33.1 Å². The van der Waals surface area contributed by atoms with Gasteiger partial charge in [0.1, 0.15) is 11.6 Å². The van der Waals surface area contributed by atoms with Crippen LogP contribution < -0.4 is 5.32 Å². The van der Waals surface area contributed by atoms with Gasteiger partial charge in [-0.25, -0.2) is 8.78 Å². The van der Waals surface area contributed by atoms with Crippen LogP contribution in [0.15, 0.2) is 42.5 Å². The third-order valence-corrected chi connectivity index (χ3v) is 3.33. The first-order chi connectivity index (χ1) is 8.72. The summed E-state index contributed by atoms with van der Waals surface area (Å²) in [5.41, 5.74) is 0.351. The Balaban J connectivity index is 2.01. The Hall–Kier alpha value is -2.01. The zero-order valence-electron chi connectivity index (χ0n) is 9.15. The average molecular weight is 262 g/mol. The van der Waals surface area contributed by atoms with Crippen molar-refractivity contribution in [1.82, 2.24) is 4.37 Å². The van der Waals surface area contributed by atoms with E-state index in [4.69, 9.17) is 0 Å². The molecule has 3 rings (SSSR count). The molecule has 1 N–H and O–H groups in total. The monoisotopic (exact) mass is 262 g/mol. The van der Waals surface area contributed by atoms with Crippen LogP contribution in [0.1, 0.15) is 0 Å². The van der Waals surface area contributed by atoms with E-state index in [0.29, 0.717) is 11.5 Å². The Morgan fingerprint density at radius 2 is 1.72 bits per heavy atom. The molecule has 1 heterocycles. The number of anilines is 2. The second-order valence-electron chi connectivity index (χ2n) is 3.81. The summed E-state index contributed by atoms with van der Waals surface area (Å²) in [6.07, 6.45) is 0. The van der Waals surface area contributed by atoms with E-state index in [1.165, 1.54) is 23.7 Å². The third-order valence-electron chi connectivity index (χ3n) is 2.50. The Kier molecular flexibility index (Phi) is 2.68. The van der Waals surface area contributed by atoms with Gasteiger partial charge < -0.3 is 5.32 Å². The van der Waals surface area contributed by atoms with Crippen LogP contribution in [0.3, 0.4) is 0 Å². The molecule has 0 radical (unpaired) electrons. The highest BCUT2D eigenvalue weighted by molar-refractivity contribution is 7.13. The maximum Gasteiger partial charge on any atom is 0.151 e. The van der Waals surface area contributed by atoms with Crippen LogP contribution in [0.25, 0.3) is 10.1 Å². The minimum atomic E-state index is -0.614. The van der Waals surface area contributed by atoms with Gasteiger partial charge in [-0.15, -0.1) is 0 Å². The Morgan fingerprint density at radius 1 is 1.00 bits per heavy atom. The predicted molar refractivity (Wildman–Crippen MR) is 69.3 cm³/mol. The standard InChI is InChI=1S/C13H8F2N2S/c14-8-5-9(15)7-10(6-8)16-13-11-3-1-2-4-12(11)18-17-13/h1-7H,(H,16,17). The maximum absolute atomic E-state index is 13.1. The zero-order chi connectivity index (χ0) is 12.5. The molecule has 0 spiro atoms. The molecule has 0 aliphatic rings. The van der Waals surface area contributed by atoms with Crippen molar-refractivity contribution in [2.75, 3.05) is 5.32 Å². The lowest BCUT2D eigenvalue weighted by atomic mass is 10.2. The lowest BCUT2D eigenvalue weighted by molar-refractivity contribution is 0.584. The van der Waals surface area contributed by atoms with E-state index >= 15 is 0 Å². The summed E-state index contributed by atoms with van der Waals surface area (Å²) in [6, 6.07) is 11.0. The normalized spacial score (nSPS) is 10.8. The molecular weight excluding hydrogens is 254 g/mol. The lowest BCUT2D eigenvalue weighted by Crippen LogP contribution is -1.92. The second kappa shape index (κ2) is 4.34. The van der Waals surface area contributed by atoms with Crippen LogP contribution in [-0.4, -0.2) is 4.37 Å². The van der Waals surface area contributed by atoms with Gasteiger partial charge in [-0.3, -0.25) is 0 Å². The van der Waals surface area contributed by atoms with Crippen LogP contribution in [0.5, 0.6) is 0 Å². The van der Waals surface area contributed by atoms with Crippen molar-refractivity contribution in [3.05, 3.63) is 54.1 Å². The molecule has 2 nitrogen and oxygen atoms in total. The van der Waals surface area contributed by atoms with Crippen LogP contribution >= 0.6 is 11.5 Å². The molecule has 0 bridgehead atoms. The number of aromatic nitrogens is 1. The van der Waals surface area contributed by atoms with Gasteiger partial charge in [0, 0.05) is 17.1 Å². The smallest absolute Gasteiger partial charge is 0.151 e. The number of nitrogens with one attached hydrogen (secondary N) is 1. The second-order valence-corrected chi connectivity index (χ2v) is 4.62. The average Bonchev–Trinajstić information content (AvgIpc) is 2.72. The van der Waals surface area contributed by atoms with Crippen LogP contribution in [0.4, 0.5) is 20.3 Å². The molecule has 1 aromatic heterocycles. The molecular formula is C13H8F2N2S. The molecule has 0 unspecified atom stereocenters. The summed E-state index contributed by atoms with van der Waals surface area (Å²) >= 11 is 1.34. The van der Waals surface area contributed by atoms with E-state index in [9.17, 15) is 8.78 Å². The number of nitrogens with zero attached hydrogens (tertiary/aromatic N) is 1. The highest BCUT2D eigenvalue weighted by Crippen LogP contribution is 2.29. The summed E-state index contributed by atoms with van der Waals surface area (Å²) < 4.78 is 31.4. The van der Waals surface area contributed by atoms with Crippen LogP contribution in [0, 0.1) is 11.6 Å². The number of hydrogen-bond acceptors (Lipinski definition) is 3. The molecule has 90 valence electrons. The number of hydrogen-bond donors (Lipinski definition) is 1. The topological polar surface area (TPSA) is 24.9 Å². The van der Waals surface area contributed by atoms with Crippen molar-refractivity contribution in [1.29, 1.82) is 0 Å². The van der Waals surface area contributed by atoms with Gasteiger partial charge in [0.2, 0.25) is 0 Å². The van der Waals surface area contributed by atoms with Crippen LogP contribution in [0.2, 0.25) is 0 Å². The number of rotatable bonds is 2. The third kappa shape index (κ3) is 2.04. The minimum absolute atomic E-state index is 0.351. The minimum Gasteiger partial charge on any atom is -0.339 e. The fourth-order valence-corrected chi connectivity index (χ4v) is 2.47. The van der Waals surface area contributed by atoms with Crippen molar-refractivity contribution in [2.24, 2.45) is 0 Å². The van der Waals surface area contributed by atoms with E-state index < -0.39 is 11.6 Å². The summed E-state index contributed by atoms with van der Waals surface area (Å²) in [6.45, 7) is 0. The molecule has 0 fully saturated rings. The fraction of sp³-hybridized carbons (Fsp3) is 0. The SMILES string of the molecule is Fc1cc(F)cc(Nc2nsc3ccccc23)c1. The zero-order valence-corrected chi connectivity index (χ0v) is 9.97.